The van der Waals surface area contributed by atoms with Gasteiger partial charge in [-0.1, -0.05) is 22.6 Å². The SMILES string of the molecule is O=C1O[C@H]2[C@@H](I)[C@@H]3CC[C@@H]2[C@@H]1[C@H]3CO. The Morgan fingerprint density at radius 1 is 1.43 bits per heavy atom. The molecule has 1 N–H and O–H groups in total. The Morgan fingerprint density at radius 2 is 2.14 bits per heavy atom. The van der Waals surface area contributed by atoms with E-state index in [1.807, 2.05) is 0 Å². The molecule has 3 aliphatic carbocycles. The fourth-order valence-electron chi connectivity index (χ4n) is 3.57. The van der Waals surface area contributed by atoms with Gasteiger partial charge in [-0.15, -0.1) is 0 Å². The third-order valence-electron chi connectivity index (χ3n) is 4.19. The van der Waals surface area contributed by atoms with Crippen LogP contribution in [0.5, 0.6) is 0 Å². The summed E-state index contributed by atoms with van der Waals surface area (Å²) in [4.78, 5) is 11.6. The van der Waals surface area contributed by atoms with E-state index >= 15 is 0 Å². The van der Waals surface area contributed by atoms with Gasteiger partial charge in [0.15, 0.2) is 0 Å². The molecule has 4 fully saturated rings. The highest BCUT2D eigenvalue weighted by molar-refractivity contribution is 14.1. The van der Waals surface area contributed by atoms with E-state index in [1.54, 1.807) is 0 Å². The van der Waals surface area contributed by atoms with E-state index < -0.39 is 0 Å². The van der Waals surface area contributed by atoms with Crippen LogP contribution < -0.4 is 0 Å². The van der Waals surface area contributed by atoms with E-state index in [4.69, 9.17) is 4.74 Å². The van der Waals surface area contributed by atoms with Crippen molar-refractivity contribution >= 4 is 28.6 Å². The number of aliphatic hydroxyl groups is 1. The van der Waals surface area contributed by atoms with Crippen LogP contribution in [0.4, 0.5) is 0 Å². The van der Waals surface area contributed by atoms with Gasteiger partial charge < -0.3 is 9.84 Å². The summed E-state index contributed by atoms with van der Waals surface area (Å²) < 4.78 is 5.83. The minimum absolute atomic E-state index is 0.00904. The van der Waals surface area contributed by atoms with Crippen molar-refractivity contribution in [2.75, 3.05) is 6.61 Å². The predicted octanol–water partition coefficient (Wildman–Crippen LogP) is 0.980. The summed E-state index contributed by atoms with van der Waals surface area (Å²) in [5.74, 6) is 1.01. The molecular weight excluding hydrogens is 295 g/mol. The van der Waals surface area contributed by atoms with Crippen molar-refractivity contribution in [2.45, 2.75) is 22.9 Å². The van der Waals surface area contributed by atoms with Crippen LogP contribution in [-0.4, -0.2) is 27.7 Å². The van der Waals surface area contributed by atoms with E-state index in [0.29, 0.717) is 15.8 Å². The Labute approximate surface area is 96.3 Å². The summed E-state index contributed by atoms with van der Waals surface area (Å²) in [6.07, 6.45) is 2.42. The fraction of sp³-hybridized carbons (Fsp3) is 0.900. The molecule has 0 aromatic rings. The number of fused-ring (bicyclic) bond motifs is 1. The summed E-state index contributed by atoms with van der Waals surface area (Å²) in [5, 5.41) is 9.36. The first kappa shape index (κ1) is 9.39. The van der Waals surface area contributed by atoms with E-state index in [9.17, 15) is 9.90 Å². The molecule has 4 bridgehead atoms. The van der Waals surface area contributed by atoms with Gasteiger partial charge in [0.1, 0.15) is 6.10 Å². The molecule has 1 heterocycles. The number of carbonyl (C=O) groups excluding carboxylic acids is 1. The Bertz CT molecular complexity index is 281. The van der Waals surface area contributed by atoms with Crippen LogP contribution in [0, 0.1) is 23.7 Å². The third kappa shape index (κ3) is 0.988. The first-order valence-corrected chi connectivity index (χ1v) is 6.44. The van der Waals surface area contributed by atoms with Crippen LogP contribution >= 0.6 is 22.6 Å². The van der Waals surface area contributed by atoms with Gasteiger partial charge in [0.2, 0.25) is 0 Å². The highest BCUT2D eigenvalue weighted by atomic mass is 127. The number of aliphatic hydroxyl groups excluding tert-OH is 1. The van der Waals surface area contributed by atoms with E-state index in [1.165, 1.54) is 0 Å². The molecule has 0 spiro atoms. The molecule has 0 aromatic carbocycles. The average Bonchev–Trinajstić information content (AvgIpc) is 2.50. The zero-order valence-electron chi connectivity index (χ0n) is 7.73. The Kier molecular flexibility index (Phi) is 2.06. The molecule has 0 radical (unpaired) electrons. The van der Waals surface area contributed by atoms with Gasteiger partial charge in [0.05, 0.1) is 9.84 Å². The highest BCUT2D eigenvalue weighted by Crippen LogP contribution is 2.56. The van der Waals surface area contributed by atoms with E-state index in [2.05, 4.69) is 22.6 Å². The molecule has 4 aliphatic rings. The molecule has 0 unspecified atom stereocenters. The molecule has 4 rings (SSSR count). The molecule has 1 aliphatic heterocycles. The monoisotopic (exact) mass is 308 g/mol. The van der Waals surface area contributed by atoms with E-state index in [0.717, 1.165) is 12.8 Å². The maximum atomic E-state index is 11.6. The largest absolute Gasteiger partial charge is 0.461 e. The summed E-state index contributed by atoms with van der Waals surface area (Å²) in [6.45, 7) is 0.146. The number of esters is 1. The lowest BCUT2D eigenvalue weighted by Gasteiger charge is -2.47. The van der Waals surface area contributed by atoms with Gasteiger partial charge in [0.25, 0.3) is 0 Å². The lowest BCUT2D eigenvalue weighted by molar-refractivity contribution is -0.144. The Balaban J connectivity index is 2.01. The second kappa shape index (κ2) is 3.07. The number of hydrogen-bond acceptors (Lipinski definition) is 3. The van der Waals surface area contributed by atoms with Crippen LogP contribution in [0.3, 0.4) is 0 Å². The van der Waals surface area contributed by atoms with Crippen LogP contribution in [0.2, 0.25) is 0 Å². The van der Waals surface area contributed by atoms with Crippen LogP contribution in [0.25, 0.3) is 0 Å². The first-order chi connectivity index (χ1) is 6.74. The Hall–Kier alpha value is 0.160. The topological polar surface area (TPSA) is 46.5 Å². The van der Waals surface area contributed by atoms with Crippen molar-refractivity contribution in [3.8, 4) is 0 Å². The molecule has 14 heavy (non-hydrogen) atoms. The lowest BCUT2D eigenvalue weighted by atomic mass is 9.59. The number of hydrogen-bond donors (Lipinski definition) is 1. The highest BCUT2D eigenvalue weighted by Gasteiger charge is 2.61. The second-order valence-electron chi connectivity index (χ2n) is 4.62. The molecule has 0 aromatic heterocycles. The predicted molar refractivity (Wildman–Crippen MR) is 58.0 cm³/mol. The zero-order valence-corrected chi connectivity index (χ0v) is 9.88. The molecule has 4 heteroatoms. The lowest BCUT2D eigenvalue weighted by Crippen LogP contribution is -2.51. The van der Waals surface area contributed by atoms with Crippen molar-refractivity contribution < 1.29 is 14.6 Å². The standard InChI is InChI=1S/C10H13IO3/c11-8-4-1-2-5-7(6(4)3-12)10(13)14-9(5)8/h4-9,12H,1-3H2/t4-,5-,6+,7-,8+,9-/m1/s1. The number of carbonyl (C=O) groups is 1. The third-order valence-corrected chi connectivity index (χ3v) is 5.82. The van der Waals surface area contributed by atoms with Gasteiger partial charge in [-0.3, -0.25) is 4.79 Å². The molecule has 0 amide bonds. The maximum absolute atomic E-state index is 11.6. The number of alkyl halides is 1. The summed E-state index contributed by atoms with van der Waals surface area (Å²) in [6, 6.07) is 0. The van der Waals surface area contributed by atoms with E-state index in [-0.39, 0.29) is 30.5 Å². The average molecular weight is 308 g/mol. The summed E-state index contributed by atoms with van der Waals surface area (Å²) >= 11 is 2.40. The van der Waals surface area contributed by atoms with Crippen molar-refractivity contribution in [1.29, 1.82) is 0 Å². The quantitative estimate of drug-likeness (QED) is 0.446. The van der Waals surface area contributed by atoms with Gasteiger partial charge in [-0.25, -0.2) is 0 Å². The first-order valence-electron chi connectivity index (χ1n) is 5.19. The Morgan fingerprint density at radius 3 is 2.86 bits per heavy atom. The summed E-state index contributed by atoms with van der Waals surface area (Å²) in [5.41, 5.74) is 0. The smallest absolute Gasteiger partial charge is 0.310 e. The minimum atomic E-state index is -0.0529. The number of rotatable bonds is 1. The van der Waals surface area contributed by atoms with Gasteiger partial charge in [0, 0.05) is 12.5 Å². The van der Waals surface area contributed by atoms with Gasteiger partial charge in [-0.2, -0.15) is 0 Å². The molecule has 3 saturated carbocycles. The number of ether oxygens (including phenoxy) is 1. The van der Waals surface area contributed by atoms with Crippen molar-refractivity contribution in [3.05, 3.63) is 0 Å². The van der Waals surface area contributed by atoms with Crippen molar-refractivity contribution in [3.63, 3.8) is 0 Å². The molecule has 1 saturated heterocycles. The normalized spacial score (nSPS) is 54.9. The zero-order chi connectivity index (χ0) is 9.87. The summed E-state index contributed by atoms with van der Waals surface area (Å²) in [7, 11) is 0. The van der Waals surface area contributed by atoms with Crippen LogP contribution in [0.15, 0.2) is 0 Å². The number of halogens is 1. The molecule has 78 valence electrons. The molecular formula is C10H13IO3. The van der Waals surface area contributed by atoms with Crippen molar-refractivity contribution in [1.82, 2.24) is 0 Å². The van der Waals surface area contributed by atoms with Crippen molar-refractivity contribution in [2.24, 2.45) is 23.7 Å². The minimum Gasteiger partial charge on any atom is -0.461 e. The maximum Gasteiger partial charge on any atom is 0.310 e. The second-order valence-corrected chi connectivity index (χ2v) is 6.06. The van der Waals surface area contributed by atoms with Gasteiger partial charge in [-0.05, 0) is 24.7 Å². The fourth-order valence-corrected chi connectivity index (χ4v) is 5.14. The molecule has 6 atom stereocenters. The van der Waals surface area contributed by atoms with Crippen LogP contribution in [0.1, 0.15) is 12.8 Å². The van der Waals surface area contributed by atoms with Crippen LogP contribution in [-0.2, 0) is 9.53 Å². The van der Waals surface area contributed by atoms with Gasteiger partial charge >= 0.3 is 5.97 Å². The molecule has 3 nitrogen and oxygen atoms in total.